The molecule has 0 aliphatic rings. The van der Waals surface area contributed by atoms with Gasteiger partial charge in [-0.2, -0.15) is 0 Å². The summed E-state index contributed by atoms with van der Waals surface area (Å²) in [5.74, 6) is 0.360. The van der Waals surface area contributed by atoms with Gasteiger partial charge in [-0.05, 0) is 36.2 Å². The fourth-order valence-electron chi connectivity index (χ4n) is 2.25. The van der Waals surface area contributed by atoms with Gasteiger partial charge >= 0.3 is 0 Å². The predicted molar refractivity (Wildman–Crippen MR) is 98.7 cm³/mol. The van der Waals surface area contributed by atoms with E-state index in [0.29, 0.717) is 12.2 Å². The summed E-state index contributed by atoms with van der Waals surface area (Å²) in [5, 5.41) is 22.4. The Labute approximate surface area is 143 Å². The number of hydrogen-bond acceptors (Lipinski definition) is 4. The molecule has 4 nitrogen and oxygen atoms in total. The number of hydrogen-bond donors (Lipinski definition) is 3. The summed E-state index contributed by atoms with van der Waals surface area (Å²) in [7, 11) is 0. The molecule has 0 bridgehead atoms. The second-order valence-corrected chi connectivity index (χ2v) is 6.60. The number of pyridine rings is 1. The van der Waals surface area contributed by atoms with Gasteiger partial charge in [0.25, 0.3) is 0 Å². The van der Waals surface area contributed by atoms with Crippen molar-refractivity contribution in [3.8, 4) is 16.9 Å². The number of aryl methyl sites for hydroxylation is 1. The third-order valence-electron chi connectivity index (χ3n) is 4.07. The minimum absolute atomic E-state index is 0.131. The molecule has 0 fully saturated rings. The van der Waals surface area contributed by atoms with E-state index >= 15 is 0 Å². The summed E-state index contributed by atoms with van der Waals surface area (Å²) in [6.45, 7) is 13.9. The average Bonchev–Trinajstić information content (AvgIpc) is 2.52. The van der Waals surface area contributed by atoms with Gasteiger partial charge in [0.2, 0.25) is 0 Å². The van der Waals surface area contributed by atoms with Crippen molar-refractivity contribution in [3.05, 3.63) is 66.7 Å². The van der Waals surface area contributed by atoms with Gasteiger partial charge < -0.3 is 15.5 Å². The molecule has 0 aliphatic carbocycles. The largest absolute Gasteiger partial charge is 0.512 e. The van der Waals surface area contributed by atoms with Crippen molar-refractivity contribution < 1.29 is 10.2 Å². The molecule has 0 aliphatic heterocycles. The number of benzene rings is 1. The lowest BCUT2D eigenvalue weighted by Gasteiger charge is -2.25. The van der Waals surface area contributed by atoms with Crippen LogP contribution in [0.1, 0.15) is 25.1 Å². The van der Waals surface area contributed by atoms with E-state index in [4.69, 9.17) is 0 Å². The summed E-state index contributed by atoms with van der Waals surface area (Å²) in [5.41, 5.74) is 3.85. The highest BCUT2D eigenvalue weighted by molar-refractivity contribution is 5.69. The third kappa shape index (κ3) is 3.96. The maximum atomic E-state index is 9.61. The Kier molecular flexibility index (Phi) is 4.98. The lowest BCUT2D eigenvalue weighted by molar-refractivity contribution is 0.259. The van der Waals surface area contributed by atoms with E-state index in [2.05, 4.69) is 23.5 Å². The fraction of sp³-hybridized carbons (Fsp3) is 0.250. The summed E-state index contributed by atoms with van der Waals surface area (Å²) >= 11 is 0. The van der Waals surface area contributed by atoms with Crippen LogP contribution in [0.4, 0.5) is 0 Å². The summed E-state index contributed by atoms with van der Waals surface area (Å²) < 4.78 is 0. The summed E-state index contributed by atoms with van der Waals surface area (Å²) in [6, 6.07) is 9.09. The molecule has 1 aromatic heterocycles. The Hall–Kier alpha value is -2.75. The number of phenolic OH excluding ortho intramolecular Hbond substituents is 1. The zero-order chi connectivity index (χ0) is 17.9. The smallest absolute Gasteiger partial charge is 0.116 e. The summed E-state index contributed by atoms with van der Waals surface area (Å²) in [4.78, 5) is 4.50. The molecule has 4 heteroatoms. The second-order valence-electron chi connectivity index (χ2n) is 6.60. The first-order valence-corrected chi connectivity index (χ1v) is 7.78. The molecule has 3 N–H and O–H groups in total. The van der Waals surface area contributed by atoms with E-state index in [1.807, 2.05) is 32.9 Å². The van der Waals surface area contributed by atoms with Crippen molar-refractivity contribution >= 4 is 5.70 Å². The third-order valence-corrected chi connectivity index (χ3v) is 4.07. The number of nitrogens with one attached hydrogen (secondary N) is 1. The number of aromatic nitrogens is 1. The van der Waals surface area contributed by atoms with Crippen LogP contribution < -0.4 is 5.32 Å². The highest BCUT2D eigenvalue weighted by Crippen LogP contribution is 2.26. The molecule has 0 amide bonds. The molecular weight excluding hydrogens is 300 g/mol. The minimum atomic E-state index is -0.446. The molecule has 1 aromatic carbocycles. The van der Waals surface area contributed by atoms with E-state index in [-0.39, 0.29) is 11.5 Å². The van der Waals surface area contributed by atoms with E-state index < -0.39 is 5.41 Å². The molecule has 0 spiro atoms. The Bertz CT molecular complexity index is 779. The van der Waals surface area contributed by atoms with Crippen molar-refractivity contribution in [2.75, 3.05) is 6.54 Å². The molecule has 0 unspecified atom stereocenters. The molecule has 0 atom stereocenters. The normalized spacial score (nSPS) is 11.1. The maximum absolute atomic E-state index is 9.61. The molecule has 0 saturated heterocycles. The lowest BCUT2D eigenvalue weighted by Crippen LogP contribution is -2.30. The van der Waals surface area contributed by atoms with Crippen molar-refractivity contribution in [1.29, 1.82) is 0 Å². The highest BCUT2D eigenvalue weighted by atomic mass is 16.3. The Balaban J connectivity index is 2.18. The van der Waals surface area contributed by atoms with Crippen LogP contribution in [0, 0.1) is 12.3 Å². The van der Waals surface area contributed by atoms with Crippen LogP contribution >= 0.6 is 0 Å². The van der Waals surface area contributed by atoms with Crippen LogP contribution in [0.25, 0.3) is 16.8 Å². The zero-order valence-corrected chi connectivity index (χ0v) is 14.4. The highest BCUT2D eigenvalue weighted by Gasteiger charge is 2.21. The standard InChI is InChI=1S/C20H24N2O2/c1-13-9-17(16-7-6-8-18(24)10-16)11-21-19(13)14(2)22-12-20(4,5)15(3)23/h6-11,22-24H,2-3,12H2,1,4-5H3. The number of aliphatic hydroxyl groups is 1. The summed E-state index contributed by atoms with van der Waals surface area (Å²) in [6.07, 6.45) is 1.76. The van der Waals surface area contributed by atoms with Gasteiger partial charge in [-0.1, -0.05) is 39.1 Å². The van der Waals surface area contributed by atoms with Crippen molar-refractivity contribution in [1.82, 2.24) is 10.3 Å². The molecule has 2 aromatic rings. The van der Waals surface area contributed by atoms with E-state index in [1.54, 1.807) is 24.4 Å². The molecule has 126 valence electrons. The molecule has 0 radical (unpaired) electrons. The van der Waals surface area contributed by atoms with Crippen LogP contribution in [0.2, 0.25) is 0 Å². The van der Waals surface area contributed by atoms with E-state index in [0.717, 1.165) is 22.4 Å². The number of nitrogens with zero attached hydrogens (tertiary/aromatic N) is 1. The molecule has 2 rings (SSSR count). The van der Waals surface area contributed by atoms with Crippen LogP contribution in [-0.2, 0) is 0 Å². The molecule has 24 heavy (non-hydrogen) atoms. The first-order chi connectivity index (χ1) is 11.2. The van der Waals surface area contributed by atoms with Crippen molar-refractivity contribution in [3.63, 3.8) is 0 Å². The van der Waals surface area contributed by atoms with Crippen LogP contribution in [-0.4, -0.2) is 21.7 Å². The van der Waals surface area contributed by atoms with Crippen LogP contribution in [0.15, 0.2) is 55.4 Å². The van der Waals surface area contributed by atoms with Gasteiger partial charge in [-0.25, -0.2) is 0 Å². The topological polar surface area (TPSA) is 65.4 Å². The van der Waals surface area contributed by atoms with Gasteiger partial charge in [0, 0.05) is 23.7 Å². The Morgan fingerprint density at radius 1 is 1.21 bits per heavy atom. The van der Waals surface area contributed by atoms with Gasteiger partial charge in [-0.15, -0.1) is 0 Å². The predicted octanol–water partition coefficient (Wildman–Crippen LogP) is 4.42. The zero-order valence-electron chi connectivity index (χ0n) is 14.4. The first-order valence-electron chi connectivity index (χ1n) is 7.78. The van der Waals surface area contributed by atoms with Gasteiger partial charge in [0.1, 0.15) is 5.75 Å². The number of aromatic hydroxyl groups is 1. The van der Waals surface area contributed by atoms with Gasteiger partial charge in [-0.3, -0.25) is 4.98 Å². The molecule has 0 saturated carbocycles. The average molecular weight is 324 g/mol. The van der Waals surface area contributed by atoms with Crippen molar-refractivity contribution in [2.24, 2.45) is 5.41 Å². The second kappa shape index (κ2) is 6.79. The SMILES string of the molecule is C=C(NCC(C)(C)C(=C)O)c1ncc(-c2cccc(O)c2)cc1C. The number of rotatable bonds is 6. The van der Waals surface area contributed by atoms with Gasteiger partial charge in [0.15, 0.2) is 0 Å². The van der Waals surface area contributed by atoms with Crippen LogP contribution in [0.5, 0.6) is 5.75 Å². The number of phenols is 1. The molecule has 1 heterocycles. The van der Waals surface area contributed by atoms with Crippen molar-refractivity contribution in [2.45, 2.75) is 20.8 Å². The van der Waals surface area contributed by atoms with Crippen LogP contribution in [0.3, 0.4) is 0 Å². The Morgan fingerprint density at radius 2 is 1.92 bits per heavy atom. The minimum Gasteiger partial charge on any atom is -0.512 e. The molecular formula is C20H24N2O2. The first kappa shape index (κ1) is 17.6. The lowest BCUT2D eigenvalue weighted by atomic mass is 9.91. The quantitative estimate of drug-likeness (QED) is 0.688. The number of aliphatic hydroxyl groups excluding tert-OH is 1. The fourth-order valence-corrected chi connectivity index (χ4v) is 2.25. The maximum Gasteiger partial charge on any atom is 0.116 e. The van der Waals surface area contributed by atoms with Gasteiger partial charge in [0.05, 0.1) is 17.2 Å². The van der Waals surface area contributed by atoms with E-state index in [9.17, 15) is 10.2 Å². The Morgan fingerprint density at radius 3 is 2.50 bits per heavy atom. The van der Waals surface area contributed by atoms with E-state index in [1.165, 1.54) is 0 Å². The monoisotopic (exact) mass is 324 g/mol.